The van der Waals surface area contributed by atoms with E-state index >= 15 is 0 Å². The average Bonchev–Trinajstić information content (AvgIpc) is 2.66. The molecule has 0 aliphatic carbocycles. The van der Waals surface area contributed by atoms with Crippen molar-refractivity contribution < 1.29 is 27.1 Å². The highest BCUT2D eigenvalue weighted by Crippen LogP contribution is 2.24. The number of aromatic nitrogens is 1. The summed E-state index contributed by atoms with van der Waals surface area (Å²) in [5.41, 5.74) is 1.69. The number of para-hydroxylation sites is 1. The van der Waals surface area contributed by atoms with E-state index in [9.17, 15) is 22.4 Å². The molecule has 2 rings (SSSR count). The number of amides is 1. The predicted octanol–water partition coefficient (Wildman–Crippen LogP) is 4.14. The topological polar surface area (TPSA) is 63.2 Å². The third-order valence-electron chi connectivity index (χ3n) is 3.56. The Morgan fingerprint density at radius 1 is 1.21 bits per heavy atom. The minimum Gasteiger partial charge on any atom is -0.471 e. The Kier molecular flexibility index (Phi) is 9.14. The molecule has 0 radical (unpaired) electrons. The van der Waals surface area contributed by atoms with Gasteiger partial charge in [0.15, 0.2) is 6.61 Å². The van der Waals surface area contributed by atoms with Crippen LogP contribution in [0.15, 0.2) is 42.6 Å². The minimum absolute atomic E-state index is 0. The second-order valence-electron chi connectivity index (χ2n) is 5.63. The van der Waals surface area contributed by atoms with Gasteiger partial charge >= 0.3 is 12.3 Å². The summed E-state index contributed by atoms with van der Waals surface area (Å²) >= 11 is 0. The van der Waals surface area contributed by atoms with Crippen LogP contribution in [0.25, 0.3) is 0 Å². The first kappa shape index (κ1) is 23.6. The summed E-state index contributed by atoms with van der Waals surface area (Å²) in [7, 11) is 0. The Labute approximate surface area is 165 Å². The molecular formula is C18H20ClF4N3O2. The summed E-state index contributed by atoms with van der Waals surface area (Å²) in [4.78, 5) is 16.0. The standard InChI is InChI=1S/C18H19F4N3O2.ClH/c1-2-23-9-12-5-3-4-6-14(12)25-16(26)13-7-8-15(24-10-13)27-11-18(21,22)17(19)20;/h3-8,10,17,23H,2,9,11H2,1H3,(H,25,26);1H. The quantitative estimate of drug-likeness (QED) is 0.597. The van der Waals surface area contributed by atoms with E-state index < -0.39 is 24.9 Å². The normalized spacial score (nSPS) is 11.1. The lowest BCUT2D eigenvalue weighted by Crippen LogP contribution is -2.33. The molecule has 1 heterocycles. The number of benzene rings is 1. The van der Waals surface area contributed by atoms with Crippen LogP contribution in [0.4, 0.5) is 23.2 Å². The van der Waals surface area contributed by atoms with Gasteiger partial charge in [0.05, 0.1) is 5.56 Å². The molecule has 0 saturated carbocycles. The molecule has 0 aliphatic rings. The number of nitrogens with one attached hydrogen (secondary N) is 2. The van der Waals surface area contributed by atoms with E-state index in [0.29, 0.717) is 12.2 Å². The molecule has 0 unspecified atom stereocenters. The summed E-state index contributed by atoms with van der Waals surface area (Å²) in [6.45, 7) is 1.82. The van der Waals surface area contributed by atoms with Crippen LogP contribution >= 0.6 is 12.4 Å². The van der Waals surface area contributed by atoms with Gasteiger partial charge in [0.1, 0.15) is 0 Å². The number of ether oxygens (including phenoxy) is 1. The van der Waals surface area contributed by atoms with E-state index in [0.717, 1.165) is 18.3 Å². The van der Waals surface area contributed by atoms with Crippen molar-refractivity contribution in [2.75, 3.05) is 18.5 Å². The van der Waals surface area contributed by atoms with Crippen molar-refractivity contribution in [2.24, 2.45) is 0 Å². The molecule has 0 spiro atoms. The molecule has 0 fully saturated rings. The Bertz CT molecular complexity index is 761. The predicted molar refractivity (Wildman–Crippen MR) is 99.7 cm³/mol. The van der Waals surface area contributed by atoms with Crippen LogP contribution in [0.2, 0.25) is 0 Å². The molecule has 0 saturated heterocycles. The van der Waals surface area contributed by atoms with Gasteiger partial charge in [-0.2, -0.15) is 8.78 Å². The highest BCUT2D eigenvalue weighted by Gasteiger charge is 2.41. The Balaban J connectivity index is 0.00000392. The van der Waals surface area contributed by atoms with Gasteiger partial charge in [-0.25, -0.2) is 13.8 Å². The average molecular weight is 422 g/mol. The van der Waals surface area contributed by atoms with Crippen molar-refractivity contribution in [3.8, 4) is 5.88 Å². The Morgan fingerprint density at radius 3 is 2.54 bits per heavy atom. The fourth-order valence-electron chi connectivity index (χ4n) is 2.08. The Morgan fingerprint density at radius 2 is 1.93 bits per heavy atom. The third kappa shape index (κ3) is 6.65. The first-order valence-electron chi connectivity index (χ1n) is 8.18. The maximum Gasteiger partial charge on any atom is 0.340 e. The van der Waals surface area contributed by atoms with E-state index in [2.05, 4.69) is 20.4 Å². The number of carbonyl (C=O) groups excluding carboxylic acids is 1. The fraction of sp³-hybridized carbons (Fsp3) is 0.333. The van der Waals surface area contributed by atoms with Crippen LogP contribution < -0.4 is 15.4 Å². The van der Waals surface area contributed by atoms with Gasteiger partial charge in [0.2, 0.25) is 5.88 Å². The van der Waals surface area contributed by atoms with Crippen LogP contribution in [-0.2, 0) is 6.54 Å². The monoisotopic (exact) mass is 421 g/mol. The van der Waals surface area contributed by atoms with Crippen molar-refractivity contribution >= 4 is 24.0 Å². The number of pyridine rings is 1. The van der Waals surface area contributed by atoms with Gasteiger partial charge < -0.3 is 15.4 Å². The Hall–Kier alpha value is -2.39. The van der Waals surface area contributed by atoms with E-state index in [4.69, 9.17) is 0 Å². The maximum atomic E-state index is 12.8. The number of halogens is 5. The van der Waals surface area contributed by atoms with E-state index in [1.54, 1.807) is 12.1 Å². The lowest BCUT2D eigenvalue weighted by Gasteiger charge is -2.15. The zero-order chi connectivity index (χ0) is 19.9. The largest absolute Gasteiger partial charge is 0.471 e. The van der Waals surface area contributed by atoms with Gasteiger partial charge in [-0.1, -0.05) is 25.1 Å². The lowest BCUT2D eigenvalue weighted by atomic mass is 10.1. The van der Waals surface area contributed by atoms with Gasteiger partial charge in [-0.15, -0.1) is 12.4 Å². The second kappa shape index (κ2) is 10.8. The number of rotatable bonds is 9. The molecule has 1 aromatic carbocycles. The highest BCUT2D eigenvalue weighted by molar-refractivity contribution is 6.04. The van der Waals surface area contributed by atoms with Gasteiger partial charge in [-0.3, -0.25) is 4.79 Å². The minimum atomic E-state index is -4.27. The third-order valence-corrected chi connectivity index (χ3v) is 3.56. The van der Waals surface area contributed by atoms with Crippen molar-refractivity contribution in [3.05, 3.63) is 53.7 Å². The van der Waals surface area contributed by atoms with Crippen molar-refractivity contribution in [3.63, 3.8) is 0 Å². The molecule has 28 heavy (non-hydrogen) atoms. The summed E-state index contributed by atoms with van der Waals surface area (Å²) in [6.07, 6.45) is -2.71. The van der Waals surface area contributed by atoms with Crippen molar-refractivity contribution in [1.29, 1.82) is 0 Å². The van der Waals surface area contributed by atoms with E-state index in [-0.39, 0.29) is 23.9 Å². The number of carbonyl (C=O) groups is 1. The molecule has 10 heteroatoms. The SMILES string of the molecule is CCNCc1ccccc1NC(=O)c1ccc(OCC(F)(F)C(F)F)nc1.Cl. The van der Waals surface area contributed by atoms with Crippen molar-refractivity contribution in [1.82, 2.24) is 10.3 Å². The first-order chi connectivity index (χ1) is 12.8. The fourth-order valence-corrected chi connectivity index (χ4v) is 2.08. The molecule has 1 aromatic heterocycles. The second-order valence-corrected chi connectivity index (χ2v) is 5.63. The summed E-state index contributed by atoms with van der Waals surface area (Å²) in [6, 6.07) is 9.74. The smallest absolute Gasteiger partial charge is 0.340 e. The van der Waals surface area contributed by atoms with Gasteiger partial charge in [-0.05, 0) is 24.2 Å². The maximum absolute atomic E-state index is 12.8. The number of nitrogens with zero attached hydrogens (tertiary/aromatic N) is 1. The zero-order valence-corrected chi connectivity index (χ0v) is 15.7. The highest BCUT2D eigenvalue weighted by atomic mass is 35.5. The van der Waals surface area contributed by atoms with Crippen LogP contribution in [0.3, 0.4) is 0 Å². The number of hydrogen-bond acceptors (Lipinski definition) is 4. The van der Waals surface area contributed by atoms with Gasteiger partial charge in [0, 0.05) is 24.5 Å². The molecular weight excluding hydrogens is 402 g/mol. The van der Waals surface area contributed by atoms with Gasteiger partial charge in [0.25, 0.3) is 5.91 Å². The van der Waals surface area contributed by atoms with Crippen LogP contribution in [-0.4, -0.2) is 36.4 Å². The number of anilines is 1. The summed E-state index contributed by atoms with van der Waals surface area (Å²) in [5.74, 6) is -5.00. The first-order valence-corrected chi connectivity index (χ1v) is 8.18. The molecule has 154 valence electrons. The van der Waals surface area contributed by atoms with Crippen molar-refractivity contribution in [2.45, 2.75) is 25.8 Å². The van der Waals surface area contributed by atoms with E-state index in [1.165, 1.54) is 12.1 Å². The zero-order valence-electron chi connectivity index (χ0n) is 14.9. The number of alkyl halides is 4. The van der Waals surface area contributed by atoms with Crippen LogP contribution in [0.5, 0.6) is 5.88 Å². The summed E-state index contributed by atoms with van der Waals surface area (Å²) in [5, 5.41) is 5.91. The molecule has 2 N–H and O–H groups in total. The van der Waals surface area contributed by atoms with E-state index in [1.807, 2.05) is 19.1 Å². The lowest BCUT2D eigenvalue weighted by molar-refractivity contribution is -0.148. The number of hydrogen-bond donors (Lipinski definition) is 2. The molecule has 2 aromatic rings. The molecule has 1 amide bonds. The molecule has 0 atom stereocenters. The summed E-state index contributed by atoms with van der Waals surface area (Å²) < 4.78 is 54.4. The molecule has 0 bridgehead atoms. The molecule has 5 nitrogen and oxygen atoms in total. The molecule has 0 aliphatic heterocycles. The van der Waals surface area contributed by atoms with Crippen LogP contribution in [0, 0.1) is 0 Å². The van der Waals surface area contributed by atoms with Crippen LogP contribution in [0.1, 0.15) is 22.8 Å².